The Labute approximate surface area is 290 Å². The van der Waals surface area contributed by atoms with Gasteiger partial charge >= 0.3 is 0 Å². The van der Waals surface area contributed by atoms with E-state index in [1.807, 2.05) is 25.7 Å². The number of nitriles is 1. The molecule has 1 fully saturated rings. The average Bonchev–Trinajstić information content (AvgIpc) is 3.02. The summed E-state index contributed by atoms with van der Waals surface area (Å²) >= 11 is 0. The molecule has 0 radical (unpaired) electrons. The molecule has 2 atom stereocenters. The largest absolute Gasteiger partial charge is 0.351 e. The maximum Gasteiger partial charge on any atom is 0.264 e. The van der Waals surface area contributed by atoms with Crippen molar-refractivity contribution in [1.29, 1.82) is 5.26 Å². The van der Waals surface area contributed by atoms with Crippen molar-refractivity contribution in [2.24, 2.45) is 11.3 Å². The van der Waals surface area contributed by atoms with Crippen LogP contribution in [-0.2, 0) is 24.2 Å². The molecule has 0 spiro atoms. The second-order valence-corrected chi connectivity index (χ2v) is 16.2. The molecule has 3 aliphatic rings. The monoisotopic (exact) mass is 644 g/mol. The Balaban J connectivity index is 1.26. The van der Waals surface area contributed by atoms with Gasteiger partial charge in [0.05, 0.1) is 6.04 Å². The number of benzene rings is 2. The molecule has 1 amide bonds. The lowest BCUT2D eigenvalue weighted by Crippen LogP contribution is -2.50. The van der Waals surface area contributed by atoms with Crippen LogP contribution in [0.15, 0.2) is 77.7 Å². The molecule has 1 saturated heterocycles. The molecule has 5 rings (SSSR count). The molecule has 0 aliphatic carbocycles. The number of likely N-dealkylation sites (tertiary alicyclic amines) is 1. The molecular formula is C43H56N4O. The van der Waals surface area contributed by atoms with Gasteiger partial charge in [-0.15, -0.1) is 0 Å². The number of allylic oxidation sites excluding steroid dienone is 4. The van der Waals surface area contributed by atoms with Crippen LogP contribution in [0.25, 0.3) is 5.57 Å². The van der Waals surface area contributed by atoms with Gasteiger partial charge in [0.1, 0.15) is 11.6 Å². The van der Waals surface area contributed by atoms with Crippen LogP contribution in [-0.4, -0.2) is 46.3 Å². The first-order chi connectivity index (χ1) is 22.5. The summed E-state index contributed by atoms with van der Waals surface area (Å²) in [6.07, 6.45) is 8.31. The molecule has 0 bridgehead atoms. The Hall–Kier alpha value is -3.88. The van der Waals surface area contributed by atoms with Gasteiger partial charge in [-0.05, 0) is 130 Å². The first kappa shape index (κ1) is 35.4. The third-order valence-electron chi connectivity index (χ3n) is 11.1. The minimum absolute atomic E-state index is 0.0648. The maximum absolute atomic E-state index is 13.5. The van der Waals surface area contributed by atoms with E-state index in [1.165, 1.54) is 56.5 Å². The summed E-state index contributed by atoms with van der Waals surface area (Å²) in [6.45, 7) is 26.5. The normalized spacial score (nSPS) is 22.0. The first-order valence-electron chi connectivity index (χ1n) is 17.7. The van der Waals surface area contributed by atoms with E-state index in [0.29, 0.717) is 12.5 Å². The molecule has 0 N–H and O–H groups in total. The fraction of sp³-hybridized carbons (Fsp3) is 0.488. The molecule has 2 aromatic carbocycles. The molecule has 0 saturated carbocycles. The van der Waals surface area contributed by atoms with Crippen molar-refractivity contribution in [2.75, 3.05) is 20.1 Å². The Bertz CT molecular complexity index is 1740. The van der Waals surface area contributed by atoms with Gasteiger partial charge in [-0.25, -0.2) is 0 Å². The third kappa shape index (κ3) is 7.25. The maximum atomic E-state index is 13.5. The number of hydrogen-bond acceptors (Lipinski definition) is 4. The van der Waals surface area contributed by atoms with Crippen molar-refractivity contribution in [3.63, 3.8) is 0 Å². The fourth-order valence-corrected chi connectivity index (χ4v) is 8.10. The molecule has 3 heterocycles. The van der Waals surface area contributed by atoms with E-state index < -0.39 is 0 Å². The lowest BCUT2D eigenvalue weighted by atomic mass is 9.78. The molecule has 5 nitrogen and oxygen atoms in total. The lowest BCUT2D eigenvalue weighted by molar-refractivity contribution is -0.129. The smallest absolute Gasteiger partial charge is 0.264 e. The molecular weight excluding hydrogens is 589 g/mol. The number of carbonyl (C=O) groups is 1. The minimum Gasteiger partial charge on any atom is -0.351 e. The number of likely N-dealkylation sites (N-methyl/N-ethyl adjacent to an activating group) is 1. The van der Waals surface area contributed by atoms with E-state index in [2.05, 4.69) is 114 Å². The number of hydrogen-bond donors (Lipinski definition) is 0. The van der Waals surface area contributed by atoms with Crippen LogP contribution in [0.1, 0.15) is 108 Å². The van der Waals surface area contributed by atoms with Crippen molar-refractivity contribution < 1.29 is 4.79 Å². The Morgan fingerprint density at radius 1 is 1.08 bits per heavy atom. The van der Waals surface area contributed by atoms with E-state index in [9.17, 15) is 10.1 Å². The SMILES string of the molecule is C=C1C(C)=C(C)C(c2ccc(CC3CCN(Cc4cccc5c4CCN(C(=O)/C(C#N)=C/C(C)(C)C)C5C)C(C)(C)C3)c(C)c2)=CN1C. The van der Waals surface area contributed by atoms with Crippen LogP contribution in [0.5, 0.6) is 0 Å². The molecule has 254 valence electrons. The van der Waals surface area contributed by atoms with E-state index in [0.717, 1.165) is 38.0 Å². The second kappa shape index (κ2) is 13.6. The summed E-state index contributed by atoms with van der Waals surface area (Å²) in [4.78, 5) is 20.1. The molecule has 0 aromatic heterocycles. The highest BCUT2D eigenvalue weighted by Gasteiger charge is 2.36. The van der Waals surface area contributed by atoms with Gasteiger partial charge in [-0.2, -0.15) is 5.26 Å². The molecule has 2 aromatic rings. The van der Waals surface area contributed by atoms with Gasteiger partial charge in [0, 0.05) is 43.1 Å². The third-order valence-corrected chi connectivity index (χ3v) is 11.1. The van der Waals surface area contributed by atoms with Crippen LogP contribution in [0.2, 0.25) is 0 Å². The predicted octanol–water partition coefficient (Wildman–Crippen LogP) is 9.31. The van der Waals surface area contributed by atoms with Gasteiger partial charge in [-0.3, -0.25) is 9.69 Å². The van der Waals surface area contributed by atoms with Crippen LogP contribution in [0, 0.1) is 29.6 Å². The number of piperidine rings is 1. The zero-order chi connectivity index (χ0) is 35.1. The molecule has 2 unspecified atom stereocenters. The fourth-order valence-electron chi connectivity index (χ4n) is 8.10. The van der Waals surface area contributed by atoms with Gasteiger partial charge in [0.15, 0.2) is 0 Å². The topological polar surface area (TPSA) is 50.6 Å². The van der Waals surface area contributed by atoms with Crippen molar-refractivity contribution >= 4 is 11.5 Å². The van der Waals surface area contributed by atoms with E-state index >= 15 is 0 Å². The van der Waals surface area contributed by atoms with E-state index in [4.69, 9.17) is 0 Å². The summed E-state index contributed by atoms with van der Waals surface area (Å²) < 4.78 is 0. The zero-order valence-corrected chi connectivity index (χ0v) is 31.1. The van der Waals surface area contributed by atoms with Gasteiger partial charge in [0.2, 0.25) is 0 Å². The highest BCUT2D eigenvalue weighted by Crippen LogP contribution is 2.39. The van der Waals surface area contributed by atoms with Gasteiger partial charge in [-0.1, -0.05) is 69.8 Å². The Morgan fingerprint density at radius 3 is 2.46 bits per heavy atom. The summed E-state index contributed by atoms with van der Waals surface area (Å²) in [7, 11) is 2.08. The number of amides is 1. The van der Waals surface area contributed by atoms with E-state index in [1.54, 1.807) is 6.08 Å². The Kier molecular flexibility index (Phi) is 10.0. The first-order valence-corrected chi connectivity index (χ1v) is 17.7. The highest BCUT2D eigenvalue weighted by atomic mass is 16.2. The number of aryl methyl sites for hydroxylation is 1. The number of rotatable bonds is 6. The van der Waals surface area contributed by atoms with Crippen molar-refractivity contribution in [2.45, 2.75) is 106 Å². The predicted molar refractivity (Wildman–Crippen MR) is 199 cm³/mol. The number of carbonyl (C=O) groups excluding carboxylic acids is 1. The van der Waals surface area contributed by atoms with Crippen LogP contribution >= 0.6 is 0 Å². The summed E-state index contributed by atoms with van der Waals surface area (Å²) in [5, 5.41) is 9.78. The number of nitrogens with zero attached hydrogens (tertiary/aromatic N) is 4. The molecule has 5 heteroatoms. The quantitative estimate of drug-likeness (QED) is 0.232. The van der Waals surface area contributed by atoms with Crippen LogP contribution in [0.4, 0.5) is 0 Å². The van der Waals surface area contributed by atoms with Gasteiger partial charge < -0.3 is 9.80 Å². The van der Waals surface area contributed by atoms with E-state index in [-0.39, 0.29) is 28.5 Å². The Morgan fingerprint density at radius 2 is 1.81 bits per heavy atom. The summed E-state index contributed by atoms with van der Waals surface area (Å²) in [5.41, 5.74) is 13.1. The minimum atomic E-state index is -0.231. The van der Waals surface area contributed by atoms with Crippen molar-refractivity contribution in [1.82, 2.24) is 14.7 Å². The second-order valence-electron chi connectivity index (χ2n) is 16.2. The number of fused-ring (bicyclic) bond motifs is 1. The average molecular weight is 645 g/mol. The standard InChI is InChI=1S/C43H56N4O/c1-28-21-35(40-27-45(11)31(4)29(2)30(40)3)16-15-34(28)22-33-17-19-46(43(9,10)23-33)26-36-13-12-14-38-32(5)47(20-18-39(36)38)41(48)37(25-44)24-42(6,7)8/h12-16,21,24,27,32-33H,4,17-20,22-23,26H2,1-3,5-11H3/b37-24+. The highest BCUT2D eigenvalue weighted by molar-refractivity contribution is 5.97. The summed E-state index contributed by atoms with van der Waals surface area (Å²) in [5.74, 6) is 0.490. The van der Waals surface area contributed by atoms with Crippen molar-refractivity contribution in [3.8, 4) is 6.07 Å². The molecule has 3 aliphatic heterocycles. The molecule has 48 heavy (non-hydrogen) atoms. The summed E-state index contributed by atoms with van der Waals surface area (Å²) in [6, 6.07) is 15.8. The van der Waals surface area contributed by atoms with Crippen LogP contribution < -0.4 is 0 Å². The van der Waals surface area contributed by atoms with Gasteiger partial charge in [0.25, 0.3) is 5.91 Å². The zero-order valence-electron chi connectivity index (χ0n) is 31.1. The lowest BCUT2D eigenvalue weighted by Gasteiger charge is -2.46. The van der Waals surface area contributed by atoms with Crippen molar-refractivity contribution in [3.05, 3.63) is 111 Å². The van der Waals surface area contributed by atoms with Crippen LogP contribution in [0.3, 0.4) is 0 Å².